The van der Waals surface area contributed by atoms with Crippen molar-refractivity contribution < 1.29 is 9.21 Å². The monoisotopic (exact) mass is 323 g/mol. The van der Waals surface area contributed by atoms with Gasteiger partial charge in [0.2, 0.25) is 5.95 Å². The maximum atomic E-state index is 12.4. The molecular weight excluding hydrogens is 306 g/mol. The van der Waals surface area contributed by atoms with E-state index in [1.54, 1.807) is 24.4 Å². The van der Waals surface area contributed by atoms with E-state index in [0.717, 1.165) is 17.7 Å². The lowest BCUT2D eigenvalue weighted by Gasteiger charge is -2.08. The molecule has 3 aromatic rings. The lowest BCUT2D eigenvalue weighted by atomic mass is 10.1. The van der Waals surface area contributed by atoms with E-state index >= 15 is 0 Å². The Bertz CT molecular complexity index is 846. The van der Waals surface area contributed by atoms with E-state index in [9.17, 15) is 4.79 Å². The molecule has 0 saturated heterocycles. The van der Waals surface area contributed by atoms with Gasteiger partial charge in [-0.05, 0) is 36.2 Å². The summed E-state index contributed by atoms with van der Waals surface area (Å²) in [7, 11) is 0. The molecule has 7 nitrogen and oxygen atoms in total. The molecule has 3 heterocycles. The van der Waals surface area contributed by atoms with Crippen LogP contribution in [0.15, 0.2) is 47.2 Å². The summed E-state index contributed by atoms with van der Waals surface area (Å²) in [5.74, 6) is 0.196. The summed E-state index contributed by atoms with van der Waals surface area (Å²) < 4.78 is 5.28. The average Bonchev–Trinajstić information content (AvgIpc) is 3.14. The Kier molecular flexibility index (Phi) is 4.51. The highest BCUT2D eigenvalue weighted by molar-refractivity contribution is 5.93. The second-order valence-electron chi connectivity index (χ2n) is 5.12. The topological polar surface area (TPSA) is 107 Å². The fourth-order valence-corrected chi connectivity index (χ4v) is 2.34. The van der Waals surface area contributed by atoms with Crippen LogP contribution in [0.5, 0.6) is 0 Å². The number of aryl methyl sites for hydroxylation is 1. The van der Waals surface area contributed by atoms with Gasteiger partial charge in [0.25, 0.3) is 5.91 Å². The van der Waals surface area contributed by atoms with Crippen LogP contribution in [0.4, 0.5) is 5.95 Å². The maximum absolute atomic E-state index is 12.4. The van der Waals surface area contributed by atoms with Crippen LogP contribution >= 0.6 is 0 Å². The molecule has 0 unspecified atom stereocenters. The first-order valence-electron chi connectivity index (χ1n) is 7.56. The summed E-state index contributed by atoms with van der Waals surface area (Å²) in [4.78, 5) is 24.8. The third-order valence-electron chi connectivity index (χ3n) is 3.53. The van der Waals surface area contributed by atoms with E-state index in [4.69, 9.17) is 10.2 Å². The summed E-state index contributed by atoms with van der Waals surface area (Å²) in [6, 6.07) is 8.90. The number of nitrogens with two attached hydrogens (primary N) is 1. The lowest BCUT2D eigenvalue weighted by Crippen LogP contribution is -2.25. The van der Waals surface area contributed by atoms with Crippen LogP contribution in [0.25, 0.3) is 11.5 Å². The second kappa shape index (κ2) is 6.91. The highest BCUT2D eigenvalue weighted by Crippen LogP contribution is 2.19. The fraction of sp³-hybridized carbons (Fsp3) is 0.176. The van der Waals surface area contributed by atoms with E-state index in [0.29, 0.717) is 18.0 Å². The number of carbonyl (C=O) groups excluding carboxylic acids is 1. The van der Waals surface area contributed by atoms with Crippen LogP contribution in [0, 0.1) is 0 Å². The fourth-order valence-electron chi connectivity index (χ4n) is 2.34. The van der Waals surface area contributed by atoms with Crippen molar-refractivity contribution in [1.29, 1.82) is 0 Å². The molecule has 0 bridgehead atoms. The molecule has 0 aliphatic carbocycles. The first kappa shape index (κ1) is 15.7. The number of rotatable bonds is 5. The van der Waals surface area contributed by atoms with Crippen molar-refractivity contribution in [3.8, 4) is 11.5 Å². The lowest BCUT2D eigenvalue weighted by molar-refractivity contribution is 0.0945. The predicted molar refractivity (Wildman–Crippen MR) is 88.9 cm³/mol. The van der Waals surface area contributed by atoms with Crippen LogP contribution < -0.4 is 11.1 Å². The minimum Gasteiger partial charge on any atom is -0.463 e. The van der Waals surface area contributed by atoms with Gasteiger partial charge in [-0.2, -0.15) is 0 Å². The molecule has 0 spiro atoms. The van der Waals surface area contributed by atoms with Gasteiger partial charge in [0.1, 0.15) is 11.4 Å². The van der Waals surface area contributed by atoms with Gasteiger partial charge in [-0.3, -0.25) is 9.78 Å². The minimum atomic E-state index is -0.343. The molecule has 0 aliphatic heterocycles. The highest BCUT2D eigenvalue weighted by atomic mass is 16.3. The highest BCUT2D eigenvalue weighted by Gasteiger charge is 2.13. The molecule has 0 radical (unpaired) electrons. The molecule has 24 heavy (non-hydrogen) atoms. The minimum absolute atomic E-state index is 0.0149. The van der Waals surface area contributed by atoms with Crippen LogP contribution in [0.3, 0.4) is 0 Å². The Labute approximate surface area is 139 Å². The van der Waals surface area contributed by atoms with Gasteiger partial charge in [0.15, 0.2) is 5.76 Å². The van der Waals surface area contributed by atoms with Crippen LogP contribution in [0.1, 0.15) is 28.7 Å². The summed E-state index contributed by atoms with van der Waals surface area (Å²) in [5, 5.41) is 2.81. The zero-order chi connectivity index (χ0) is 16.9. The zero-order valence-corrected chi connectivity index (χ0v) is 13.2. The number of amides is 1. The van der Waals surface area contributed by atoms with Gasteiger partial charge < -0.3 is 15.5 Å². The number of anilines is 1. The molecular formula is C17H17N5O2. The molecule has 3 aromatic heterocycles. The smallest absolute Gasteiger partial charge is 0.270 e. The number of pyridine rings is 1. The van der Waals surface area contributed by atoms with Gasteiger partial charge in [-0.15, -0.1) is 0 Å². The van der Waals surface area contributed by atoms with E-state index in [-0.39, 0.29) is 17.5 Å². The number of hydrogen-bond donors (Lipinski definition) is 2. The van der Waals surface area contributed by atoms with Crippen molar-refractivity contribution in [2.75, 3.05) is 5.73 Å². The number of carbonyl (C=O) groups is 1. The quantitative estimate of drug-likeness (QED) is 0.745. The normalized spacial score (nSPS) is 10.5. The largest absolute Gasteiger partial charge is 0.463 e. The number of aromatic nitrogens is 3. The average molecular weight is 323 g/mol. The number of nitrogens with one attached hydrogen (secondary N) is 1. The SMILES string of the molecule is CCc1cccnc1CNC(=O)c1cc(-c2ccco2)nc(N)n1. The molecule has 0 atom stereocenters. The second-order valence-corrected chi connectivity index (χ2v) is 5.12. The van der Waals surface area contributed by atoms with Crippen LogP contribution in [-0.2, 0) is 13.0 Å². The Balaban J connectivity index is 1.78. The van der Waals surface area contributed by atoms with Crippen molar-refractivity contribution in [3.63, 3.8) is 0 Å². The maximum Gasteiger partial charge on any atom is 0.270 e. The Morgan fingerprint density at radius 1 is 1.29 bits per heavy atom. The number of hydrogen-bond acceptors (Lipinski definition) is 6. The summed E-state index contributed by atoms with van der Waals surface area (Å²) in [6.07, 6.45) is 4.08. The van der Waals surface area contributed by atoms with Gasteiger partial charge in [0, 0.05) is 6.20 Å². The van der Waals surface area contributed by atoms with Crippen molar-refractivity contribution in [3.05, 3.63) is 59.7 Å². The third-order valence-corrected chi connectivity index (χ3v) is 3.53. The number of furan rings is 1. The van der Waals surface area contributed by atoms with E-state index in [1.807, 2.05) is 19.1 Å². The third kappa shape index (κ3) is 3.40. The first-order chi connectivity index (χ1) is 11.7. The molecule has 0 saturated carbocycles. The zero-order valence-electron chi connectivity index (χ0n) is 13.2. The molecule has 0 aromatic carbocycles. The van der Waals surface area contributed by atoms with Crippen LogP contribution in [-0.4, -0.2) is 20.9 Å². The molecule has 7 heteroatoms. The Hall–Kier alpha value is -3.22. The van der Waals surface area contributed by atoms with Gasteiger partial charge in [-0.25, -0.2) is 9.97 Å². The molecule has 3 N–H and O–H groups in total. The van der Waals surface area contributed by atoms with E-state index < -0.39 is 0 Å². The summed E-state index contributed by atoms with van der Waals surface area (Å²) in [6.45, 7) is 2.37. The first-order valence-corrected chi connectivity index (χ1v) is 7.56. The van der Waals surface area contributed by atoms with Gasteiger partial charge in [0.05, 0.1) is 18.5 Å². The van der Waals surface area contributed by atoms with Crippen molar-refractivity contribution >= 4 is 11.9 Å². The summed E-state index contributed by atoms with van der Waals surface area (Å²) in [5.41, 5.74) is 8.27. The summed E-state index contributed by atoms with van der Waals surface area (Å²) >= 11 is 0. The number of nitrogen functional groups attached to an aromatic ring is 1. The van der Waals surface area contributed by atoms with Crippen molar-refractivity contribution in [2.24, 2.45) is 0 Å². The van der Waals surface area contributed by atoms with Crippen molar-refractivity contribution in [1.82, 2.24) is 20.3 Å². The van der Waals surface area contributed by atoms with E-state index in [1.165, 1.54) is 6.26 Å². The molecule has 1 amide bonds. The molecule has 0 fully saturated rings. The van der Waals surface area contributed by atoms with Crippen LogP contribution in [0.2, 0.25) is 0 Å². The van der Waals surface area contributed by atoms with E-state index in [2.05, 4.69) is 20.3 Å². The van der Waals surface area contributed by atoms with Gasteiger partial charge >= 0.3 is 0 Å². The van der Waals surface area contributed by atoms with Crippen molar-refractivity contribution in [2.45, 2.75) is 19.9 Å². The predicted octanol–water partition coefficient (Wildman–Crippen LogP) is 2.21. The van der Waals surface area contributed by atoms with Gasteiger partial charge in [-0.1, -0.05) is 13.0 Å². The molecule has 3 rings (SSSR count). The standard InChI is InChI=1S/C17H17N5O2/c1-2-11-5-3-7-19-14(11)10-20-16(23)13-9-12(21-17(18)22-13)15-6-4-8-24-15/h3-9H,2,10H2,1H3,(H,20,23)(H2,18,21,22). The Morgan fingerprint density at radius 2 is 2.17 bits per heavy atom. The molecule has 0 aliphatic rings. The molecule has 122 valence electrons. The Morgan fingerprint density at radius 3 is 2.92 bits per heavy atom. The number of nitrogens with zero attached hydrogens (tertiary/aromatic N) is 3.